The van der Waals surface area contributed by atoms with Crippen LogP contribution in [-0.2, 0) is 4.79 Å². The fourth-order valence-electron chi connectivity index (χ4n) is 4.18. The summed E-state index contributed by atoms with van der Waals surface area (Å²) >= 11 is 1.73. The Bertz CT molecular complexity index is 982. The topological polar surface area (TPSA) is 55.1 Å². The number of unbranched alkanes of at least 4 members (excludes halogenated alkanes) is 1. The average Bonchev–Trinajstić information content (AvgIpc) is 3.19. The van der Waals surface area contributed by atoms with Crippen LogP contribution in [0.4, 0.5) is 5.69 Å². The number of para-hydroxylation sites is 3. The van der Waals surface area contributed by atoms with Gasteiger partial charge in [-0.1, -0.05) is 89.6 Å². The van der Waals surface area contributed by atoms with Crippen molar-refractivity contribution >= 4 is 34.5 Å². The second-order valence-electron chi connectivity index (χ2n) is 9.39. The van der Waals surface area contributed by atoms with Crippen molar-refractivity contribution < 1.29 is 9.21 Å². The zero-order valence-corrected chi connectivity index (χ0v) is 21.5. The molecule has 1 N–H and O–H groups in total. The second kappa shape index (κ2) is 12.3. The van der Waals surface area contributed by atoms with Crippen molar-refractivity contribution in [1.82, 2.24) is 4.98 Å². The molecule has 1 unspecified atom stereocenters. The number of amides is 1. The maximum Gasteiger partial charge on any atom is 0.257 e. The summed E-state index contributed by atoms with van der Waals surface area (Å²) in [5.74, 6) is 0.860. The predicted molar refractivity (Wildman–Crippen MR) is 140 cm³/mol. The lowest BCUT2D eigenvalue weighted by Crippen LogP contribution is -2.15. The Morgan fingerprint density at radius 2 is 1.67 bits per heavy atom. The number of benzene rings is 2. The zero-order valence-electron chi connectivity index (χ0n) is 20.7. The number of fused-ring (bicyclic) bond motifs is 1. The Hall–Kier alpha value is -2.27. The first-order valence-electron chi connectivity index (χ1n) is 12.3. The quantitative estimate of drug-likeness (QED) is 0.215. The highest BCUT2D eigenvalue weighted by atomic mass is 32.2. The molecule has 1 amide bonds. The number of carbonyl (C=O) groups is 1. The van der Waals surface area contributed by atoms with Crippen molar-refractivity contribution in [2.24, 2.45) is 0 Å². The average molecular weight is 467 g/mol. The number of nitrogens with one attached hydrogen (secondary N) is 1. The molecule has 0 aliphatic carbocycles. The van der Waals surface area contributed by atoms with Gasteiger partial charge in [-0.3, -0.25) is 4.79 Å². The molecule has 3 rings (SSSR count). The number of oxazole rings is 1. The van der Waals surface area contributed by atoms with E-state index in [0.29, 0.717) is 23.5 Å². The van der Waals surface area contributed by atoms with Gasteiger partial charge < -0.3 is 9.73 Å². The second-order valence-corrected chi connectivity index (χ2v) is 10.6. The van der Waals surface area contributed by atoms with Crippen LogP contribution in [-0.4, -0.2) is 16.1 Å². The molecule has 4 nitrogen and oxygen atoms in total. The first-order chi connectivity index (χ1) is 15.9. The van der Waals surface area contributed by atoms with E-state index in [1.807, 2.05) is 24.3 Å². The van der Waals surface area contributed by atoms with E-state index in [1.165, 1.54) is 11.1 Å². The SMILES string of the molecule is CCCC(CCCCC(=O)Nc1c(C(C)C)cccc1C(C)C)Sc1nc2ccccc2o1. The number of carbonyl (C=O) groups excluding carboxylic acids is 1. The summed E-state index contributed by atoms with van der Waals surface area (Å²) in [6.45, 7) is 10.9. The van der Waals surface area contributed by atoms with Crippen LogP contribution in [0.5, 0.6) is 0 Å². The highest BCUT2D eigenvalue weighted by Gasteiger charge is 2.17. The van der Waals surface area contributed by atoms with Gasteiger partial charge >= 0.3 is 0 Å². The summed E-state index contributed by atoms with van der Waals surface area (Å²) in [6.07, 6.45) is 5.77. The lowest BCUT2D eigenvalue weighted by molar-refractivity contribution is -0.116. The van der Waals surface area contributed by atoms with Gasteiger partial charge in [-0.25, -0.2) is 4.98 Å². The lowest BCUT2D eigenvalue weighted by Gasteiger charge is -2.20. The van der Waals surface area contributed by atoms with E-state index in [9.17, 15) is 4.79 Å². The molecule has 1 heterocycles. The third-order valence-electron chi connectivity index (χ3n) is 5.97. The van der Waals surface area contributed by atoms with E-state index < -0.39 is 0 Å². The van der Waals surface area contributed by atoms with Crippen molar-refractivity contribution in [1.29, 1.82) is 0 Å². The van der Waals surface area contributed by atoms with Gasteiger partial charge in [0.25, 0.3) is 5.22 Å². The highest BCUT2D eigenvalue weighted by Crippen LogP contribution is 2.33. The number of thioether (sulfide) groups is 1. The maximum atomic E-state index is 12.8. The molecule has 0 aliphatic rings. The van der Waals surface area contributed by atoms with Crippen LogP contribution in [0.15, 0.2) is 52.1 Å². The summed E-state index contributed by atoms with van der Waals surface area (Å²) in [5.41, 5.74) is 5.20. The minimum Gasteiger partial charge on any atom is -0.431 e. The standard InChI is InChI=1S/C28H38N2O2S/c1-6-12-21(33-28-29-24-16-8-9-17-25(24)32-28)13-7-10-18-26(31)30-27-22(19(2)3)14-11-15-23(27)20(4)5/h8-9,11,14-17,19-21H,6-7,10,12-13,18H2,1-5H3,(H,30,31). The maximum absolute atomic E-state index is 12.8. The molecule has 2 aromatic carbocycles. The van der Waals surface area contributed by atoms with E-state index in [2.05, 4.69) is 63.1 Å². The molecular formula is C28H38N2O2S. The van der Waals surface area contributed by atoms with Crippen LogP contribution in [0.25, 0.3) is 11.1 Å². The molecule has 0 aliphatic heterocycles. The molecule has 178 valence electrons. The molecule has 3 aromatic rings. The fourth-order valence-corrected chi connectivity index (χ4v) is 5.40. The molecule has 0 fully saturated rings. The number of hydrogen-bond acceptors (Lipinski definition) is 4. The first kappa shape index (κ1) is 25.4. The number of rotatable bonds is 12. The van der Waals surface area contributed by atoms with Gasteiger partial charge in [0.2, 0.25) is 5.91 Å². The Morgan fingerprint density at radius 1 is 0.970 bits per heavy atom. The van der Waals surface area contributed by atoms with Crippen molar-refractivity contribution in [3.8, 4) is 0 Å². The Balaban J connectivity index is 1.52. The Labute approximate surface area is 202 Å². The summed E-state index contributed by atoms with van der Waals surface area (Å²) in [4.78, 5) is 17.4. The smallest absolute Gasteiger partial charge is 0.257 e. The molecule has 0 spiro atoms. The van der Waals surface area contributed by atoms with Crippen LogP contribution in [0.1, 0.15) is 96.1 Å². The van der Waals surface area contributed by atoms with Gasteiger partial charge in [0.1, 0.15) is 5.52 Å². The van der Waals surface area contributed by atoms with E-state index in [-0.39, 0.29) is 5.91 Å². The first-order valence-corrected chi connectivity index (χ1v) is 13.2. The van der Waals surface area contributed by atoms with Gasteiger partial charge in [-0.05, 0) is 54.4 Å². The van der Waals surface area contributed by atoms with Gasteiger partial charge in [-0.2, -0.15) is 0 Å². The van der Waals surface area contributed by atoms with E-state index in [1.54, 1.807) is 11.8 Å². The number of anilines is 1. The predicted octanol–water partition coefficient (Wildman–Crippen LogP) is 8.53. The minimum atomic E-state index is 0.114. The fraction of sp³-hybridized carbons (Fsp3) is 0.500. The number of aromatic nitrogens is 1. The normalized spacial score (nSPS) is 12.6. The highest BCUT2D eigenvalue weighted by molar-refractivity contribution is 7.99. The summed E-state index contributed by atoms with van der Waals surface area (Å²) in [5, 5.41) is 4.45. The van der Waals surface area contributed by atoms with E-state index >= 15 is 0 Å². The minimum absolute atomic E-state index is 0.114. The van der Waals surface area contributed by atoms with Gasteiger partial charge in [-0.15, -0.1) is 0 Å². The Morgan fingerprint density at radius 3 is 2.30 bits per heavy atom. The third kappa shape index (κ3) is 7.10. The van der Waals surface area contributed by atoms with Crippen molar-refractivity contribution in [3.63, 3.8) is 0 Å². The largest absolute Gasteiger partial charge is 0.431 e. The van der Waals surface area contributed by atoms with E-state index in [0.717, 1.165) is 54.1 Å². The molecule has 0 radical (unpaired) electrons. The summed E-state index contributed by atoms with van der Waals surface area (Å²) < 4.78 is 5.90. The van der Waals surface area contributed by atoms with Crippen molar-refractivity contribution in [2.75, 3.05) is 5.32 Å². The van der Waals surface area contributed by atoms with Gasteiger partial charge in [0.15, 0.2) is 5.58 Å². The van der Waals surface area contributed by atoms with Crippen molar-refractivity contribution in [3.05, 3.63) is 53.6 Å². The van der Waals surface area contributed by atoms with Crippen LogP contribution >= 0.6 is 11.8 Å². The molecule has 5 heteroatoms. The molecule has 0 bridgehead atoms. The van der Waals surface area contributed by atoms with Gasteiger partial charge in [0, 0.05) is 17.4 Å². The van der Waals surface area contributed by atoms with Crippen LogP contribution in [0, 0.1) is 0 Å². The van der Waals surface area contributed by atoms with Crippen LogP contribution in [0.2, 0.25) is 0 Å². The summed E-state index contributed by atoms with van der Waals surface area (Å²) in [6, 6.07) is 14.3. The zero-order chi connectivity index (χ0) is 23.8. The lowest BCUT2D eigenvalue weighted by atomic mass is 9.92. The number of nitrogens with zero attached hydrogens (tertiary/aromatic N) is 1. The van der Waals surface area contributed by atoms with Crippen molar-refractivity contribution in [2.45, 2.75) is 95.5 Å². The monoisotopic (exact) mass is 466 g/mol. The molecular weight excluding hydrogens is 428 g/mol. The van der Waals surface area contributed by atoms with Crippen LogP contribution in [0.3, 0.4) is 0 Å². The van der Waals surface area contributed by atoms with E-state index in [4.69, 9.17) is 4.42 Å². The molecule has 0 saturated heterocycles. The molecule has 33 heavy (non-hydrogen) atoms. The third-order valence-corrected chi connectivity index (χ3v) is 7.15. The number of hydrogen-bond donors (Lipinski definition) is 1. The summed E-state index contributed by atoms with van der Waals surface area (Å²) in [7, 11) is 0. The molecule has 1 aromatic heterocycles. The van der Waals surface area contributed by atoms with Gasteiger partial charge in [0.05, 0.1) is 0 Å². The molecule has 1 atom stereocenters. The Kier molecular flexibility index (Phi) is 9.42. The molecule has 0 saturated carbocycles. The van der Waals surface area contributed by atoms with Crippen LogP contribution < -0.4 is 5.32 Å².